The number of nitrogens with two attached hydrogens (primary N) is 1. The molecule has 0 saturated heterocycles. The number of benzene rings is 1. The summed E-state index contributed by atoms with van der Waals surface area (Å²) in [6, 6.07) is 6.22. The molecule has 1 heterocycles. The number of nitrogens with zero attached hydrogens (tertiary/aromatic N) is 2. The van der Waals surface area contributed by atoms with E-state index in [1.807, 2.05) is 12.1 Å². The SMILES string of the molecule is COc1ccc(Cc2ncc(N)cn2)cc1C(C)(C)C. The number of rotatable bonds is 3. The lowest BCUT2D eigenvalue weighted by Gasteiger charge is -2.22. The minimum absolute atomic E-state index is 0.0311. The van der Waals surface area contributed by atoms with Crippen LogP contribution in [0, 0.1) is 0 Å². The Hall–Kier alpha value is -2.10. The maximum atomic E-state index is 5.60. The molecule has 0 amide bonds. The summed E-state index contributed by atoms with van der Waals surface area (Å²) >= 11 is 0. The van der Waals surface area contributed by atoms with Crippen LogP contribution in [0.15, 0.2) is 30.6 Å². The smallest absolute Gasteiger partial charge is 0.132 e. The van der Waals surface area contributed by atoms with E-state index in [1.165, 1.54) is 11.1 Å². The highest BCUT2D eigenvalue weighted by molar-refractivity contribution is 5.42. The second-order valence-electron chi connectivity index (χ2n) is 5.89. The van der Waals surface area contributed by atoms with Gasteiger partial charge < -0.3 is 10.5 Å². The zero-order valence-corrected chi connectivity index (χ0v) is 12.5. The molecule has 0 aliphatic rings. The lowest BCUT2D eigenvalue weighted by Crippen LogP contribution is -2.13. The molecule has 0 spiro atoms. The number of aromatic nitrogens is 2. The molecule has 0 fully saturated rings. The highest BCUT2D eigenvalue weighted by Crippen LogP contribution is 2.32. The highest BCUT2D eigenvalue weighted by atomic mass is 16.5. The van der Waals surface area contributed by atoms with E-state index in [4.69, 9.17) is 10.5 Å². The van der Waals surface area contributed by atoms with Crippen LogP contribution in [0.25, 0.3) is 0 Å². The Morgan fingerprint density at radius 3 is 2.35 bits per heavy atom. The molecule has 2 rings (SSSR count). The molecule has 0 radical (unpaired) electrons. The third kappa shape index (κ3) is 3.26. The predicted octanol–water partition coefficient (Wildman–Crippen LogP) is 2.96. The van der Waals surface area contributed by atoms with E-state index in [0.717, 1.165) is 11.6 Å². The van der Waals surface area contributed by atoms with Crippen molar-refractivity contribution in [1.29, 1.82) is 0 Å². The van der Waals surface area contributed by atoms with Gasteiger partial charge in [-0.25, -0.2) is 9.97 Å². The largest absolute Gasteiger partial charge is 0.496 e. The van der Waals surface area contributed by atoms with E-state index in [9.17, 15) is 0 Å². The van der Waals surface area contributed by atoms with Crippen LogP contribution in [0.5, 0.6) is 5.75 Å². The second-order valence-corrected chi connectivity index (χ2v) is 5.89. The number of anilines is 1. The lowest BCUT2D eigenvalue weighted by molar-refractivity contribution is 0.397. The second kappa shape index (κ2) is 5.49. The fourth-order valence-electron chi connectivity index (χ4n) is 2.09. The first-order chi connectivity index (χ1) is 9.40. The number of ether oxygens (including phenoxy) is 1. The first kappa shape index (κ1) is 14.3. The van der Waals surface area contributed by atoms with Crippen molar-refractivity contribution in [1.82, 2.24) is 9.97 Å². The van der Waals surface area contributed by atoms with E-state index < -0.39 is 0 Å². The summed E-state index contributed by atoms with van der Waals surface area (Å²) < 4.78 is 5.44. The molecule has 0 bridgehead atoms. The monoisotopic (exact) mass is 271 g/mol. The van der Waals surface area contributed by atoms with Gasteiger partial charge in [-0.05, 0) is 22.6 Å². The van der Waals surface area contributed by atoms with E-state index in [0.29, 0.717) is 12.1 Å². The van der Waals surface area contributed by atoms with Crippen molar-refractivity contribution >= 4 is 5.69 Å². The molecule has 106 valence electrons. The summed E-state index contributed by atoms with van der Waals surface area (Å²) in [6.07, 6.45) is 3.96. The molecule has 2 N–H and O–H groups in total. The zero-order valence-electron chi connectivity index (χ0n) is 12.5. The van der Waals surface area contributed by atoms with Crippen molar-refractivity contribution < 1.29 is 4.74 Å². The summed E-state index contributed by atoms with van der Waals surface area (Å²) in [5.74, 6) is 1.68. The Morgan fingerprint density at radius 1 is 1.15 bits per heavy atom. The van der Waals surface area contributed by atoms with Crippen molar-refractivity contribution in [3.8, 4) is 5.75 Å². The van der Waals surface area contributed by atoms with Crippen molar-refractivity contribution in [2.45, 2.75) is 32.6 Å². The van der Waals surface area contributed by atoms with Gasteiger partial charge in [-0.3, -0.25) is 0 Å². The maximum absolute atomic E-state index is 5.60. The summed E-state index contributed by atoms with van der Waals surface area (Å²) in [5.41, 5.74) is 8.57. The van der Waals surface area contributed by atoms with Gasteiger partial charge in [0.25, 0.3) is 0 Å². The van der Waals surface area contributed by atoms with Crippen LogP contribution in [0.4, 0.5) is 5.69 Å². The fraction of sp³-hybridized carbons (Fsp3) is 0.375. The Labute approximate surface area is 120 Å². The van der Waals surface area contributed by atoms with Crippen LogP contribution >= 0.6 is 0 Å². The van der Waals surface area contributed by atoms with Gasteiger partial charge in [0.05, 0.1) is 25.2 Å². The summed E-state index contributed by atoms with van der Waals surface area (Å²) in [5, 5.41) is 0. The quantitative estimate of drug-likeness (QED) is 0.932. The lowest BCUT2D eigenvalue weighted by atomic mass is 9.85. The fourth-order valence-corrected chi connectivity index (χ4v) is 2.09. The first-order valence-corrected chi connectivity index (χ1v) is 6.64. The third-order valence-corrected chi connectivity index (χ3v) is 3.16. The van der Waals surface area contributed by atoms with E-state index >= 15 is 0 Å². The summed E-state index contributed by atoms with van der Waals surface area (Å²) in [7, 11) is 1.70. The molecule has 0 aliphatic heterocycles. The Morgan fingerprint density at radius 2 is 1.80 bits per heavy atom. The number of hydrogen-bond donors (Lipinski definition) is 1. The van der Waals surface area contributed by atoms with Crippen LogP contribution < -0.4 is 10.5 Å². The molecule has 0 aliphatic carbocycles. The molecule has 2 aromatic rings. The van der Waals surface area contributed by atoms with Crippen LogP contribution in [-0.4, -0.2) is 17.1 Å². The normalized spacial score (nSPS) is 11.4. The van der Waals surface area contributed by atoms with Gasteiger partial charge in [0, 0.05) is 6.42 Å². The summed E-state index contributed by atoms with van der Waals surface area (Å²) in [6.45, 7) is 6.52. The van der Waals surface area contributed by atoms with Gasteiger partial charge in [0.1, 0.15) is 11.6 Å². The van der Waals surface area contributed by atoms with Gasteiger partial charge in [0.15, 0.2) is 0 Å². The molecule has 1 aromatic carbocycles. The Kier molecular flexibility index (Phi) is 3.93. The zero-order chi connectivity index (χ0) is 14.8. The number of hydrogen-bond acceptors (Lipinski definition) is 4. The van der Waals surface area contributed by atoms with Crippen LogP contribution in [0.1, 0.15) is 37.7 Å². The molecular weight excluding hydrogens is 250 g/mol. The summed E-state index contributed by atoms with van der Waals surface area (Å²) in [4.78, 5) is 8.48. The maximum Gasteiger partial charge on any atom is 0.132 e. The molecule has 0 atom stereocenters. The molecule has 4 nitrogen and oxygen atoms in total. The molecule has 0 saturated carbocycles. The number of methoxy groups -OCH3 is 1. The molecule has 1 aromatic heterocycles. The molecule has 4 heteroatoms. The minimum Gasteiger partial charge on any atom is -0.496 e. The highest BCUT2D eigenvalue weighted by Gasteiger charge is 2.19. The van der Waals surface area contributed by atoms with Crippen molar-refractivity contribution in [3.05, 3.63) is 47.5 Å². The Bertz CT molecular complexity index is 586. The van der Waals surface area contributed by atoms with Gasteiger partial charge >= 0.3 is 0 Å². The first-order valence-electron chi connectivity index (χ1n) is 6.64. The third-order valence-electron chi connectivity index (χ3n) is 3.16. The molecule has 20 heavy (non-hydrogen) atoms. The van der Waals surface area contributed by atoms with E-state index in [-0.39, 0.29) is 5.41 Å². The predicted molar refractivity (Wildman–Crippen MR) is 80.9 cm³/mol. The minimum atomic E-state index is 0.0311. The van der Waals surface area contributed by atoms with Gasteiger partial charge in [-0.1, -0.05) is 32.9 Å². The van der Waals surface area contributed by atoms with Crippen molar-refractivity contribution in [3.63, 3.8) is 0 Å². The van der Waals surface area contributed by atoms with E-state index in [2.05, 4.69) is 36.8 Å². The van der Waals surface area contributed by atoms with Crippen LogP contribution in [0.3, 0.4) is 0 Å². The molecule has 0 unspecified atom stereocenters. The topological polar surface area (TPSA) is 61.0 Å². The average molecular weight is 271 g/mol. The van der Waals surface area contributed by atoms with E-state index in [1.54, 1.807) is 19.5 Å². The van der Waals surface area contributed by atoms with Gasteiger partial charge in [0.2, 0.25) is 0 Å². The van der Waals surface area contributed by atoms with Gasteiger partial charge in [-0.15, -0.1) is 0 Å². The van der Waals surface area contributed by atoms with Crippen LogP contribution in [0.2, 0.25) is 0 Å². The number of nitrogen functional groups attached to an aromatic ring is 1. The van der Waals surface area contributed by atoms with Crippen molar-refractivity contribution in [2.75, 3.05) is 12.8 Å². The molecular formula is C16H21N3O. The van der Waals surface area contributed by atoms with Crippen LogP contribution in [-0.2, 0) is 11.8 Å². The standard InChI is InChI=1S/C16H21N3O/c1-16(2,3)13-7-11(5-6-14(13)20-4)8-15-18-9-12(17)10-19-15/h5-7,9-10H,8,17H2,1-4H3. The Balaban J connectivity index is 2.31. The van der Waals surface area contributed by atoms with Crippen molar-refractivity contribution in [2.24, 2.45) is 0 Å². The van der Waals surface area contributed by atoms with Gasteiger partial charge in [-0.2, -0.15) is 0 Å². The average Bonchev–Trinajstić information content (AvgIpc) is 2.40.